The van der Waals surface area contributed by atoms with E-state index in [4.69, 9.17) is 15.9 Å². The van der Waals surface area contributed by atoms with Gasteiger partial charge in [0.15, 0.2) is 11.4 Å². The number of hydrogen-bond acceptors (Lipinski definition) is 5. The summed E-state index contributed by atoms with van der Waals surface area (Å²) in [5.41, 5.74) is 2.18. The van der Waals surface area contributed by atoms with Gasteiger partial charge in [-0.3, -0.25) is 4.79 Å². The molecule has 0 bridgehead atoms. The van der Waals surface area contributed by atoms with Crippen molar-refractivity contribution in [3.8, 4) is 18.1 Å². The van der Waals surface area contributed by atoms with Crippen molar-refractivity contribution in [2.45, 2.75) is 20.4 Å². The van der Waals surface area contributed by atoms with Gasteiger partial charge in [0, 0.05) is 0 Å². The summed E-state index contributed by atoms with van der Waals surface area (Å²) in [6.45, 7) is 4.04. The summed E-state index contributed by atoms with van der Waals surface area (Å²) < 4.78 is 13.2. The lowest BCUT2D eigenvalue weighted by molar-refractivity contribution is -0.120. The molecular weight excluding hydrogens is 388 g/mol. The first-order valence-corrected chi connectivity index (χ1v) is 9.85. The number of nitrogens with zero attached hydrogens (tertiary/aromatic N) is 2. The molecule has 0 aliphatic heterocycles. The van der Waals surface area contributed by atoms with Crippen LogP contribution in [0.4, 0.5) is 0 Å². The number of carbonyl (C=O) groups excluding carboxylic acids is 2. The van der Waals surface area contributed by atoms with Crippen LogP contribution in [0.3, 0.4) is 0 Å². The first-order valence-electron chi connectivity index (χ1n) is 9.03. The van der Waals surface area contributed by atoms with Crippen LogP contribution in [0.15, 0.2) is 47.5 Å². The Morgan fingerprint density at radius 2 is 2.03 bits per heavy atom. The predicted octanol–water partition coefficient (Wildman–Crippen LogP) is 3.33. The van der Waals surface area contributed by atoms with E-state index in [0.717, 1.165) is 15.8 Å². The third kappa shape index (κ3) is 4.73. The molecule has 0 atom stereocenters. The van der Waals surface area contributed by atoms with Crippen LogP contribution < -0.4 is 9.54 Å². The van der Waals surface area contributed by atoms with Crippen LogP contribution in [0.5, 0.6) is 5.75 Å². The fourth-order valence-corrected chi connectivity index (χ4v) is 3.83. The summed E-state index contributed by atoms with van der Waals surface area (Å²) in [5.74, 6) is 2.40. The molecule has 0 aliphatic rings. The van der Waals surface area contributed by atoms with Crippen LogP contribution in [-0.4, -0.2) is 29.7 Å². The number of terminal acetylenes is 1. The lowest BCUT2D eigenvalue weighted by atomic mass is 10.2. The standard InChI is InChI=1S/C22H20N2O4S/c1-4-12-24-17-11-10-16(21(26)27-5-2)13-19(17)29-22(24)23-20(25)14-28-18-9-7-6-8-15(18)3/h1,6-11,13H,5,12,14H2,2-3H3. The molecule has 3 rings (SSSR count). The van der Waals surface area contributed by atoms with Crippen molar-refractivity contribution in [1.29, 1.82) is 0 Å². The summed E-state index contributed by atoms with van der Waals surface area (Å²) in [6, 6.07) is 12.6. The highest BCUT2D eigenvalue weighted by Crippen LogP contribution is 2.20. The fourth-order valence-electron chi connectivity index (χ4n) is 2.74. The molecule has 0 spiro atoms. The Labute approximate surface area is 172 Å². The summed E-state index contributed by atoms with van der Waals surface area (Å²) in [7, 11) is 0. The molecule has 0 fully saturated rings. The Hall–Kier alpha value is -3.37. The summed E-state index contributed by atoms with van der Waals surface area (Å²) in [6.07, 6.45) is 5.49. The van der Waals surface area contributed by atoms with Gasteiger partial charge in [-0.15, -0.1) is 6.42 Å². The quantitative estimate of drug-likeness (QED) is 0.463. The van der Waals surface area contributed by atoms with Gasteiger partial charge in [0.2, 0.25) is 0 Å². The Morgan fingerprint density at radius 3 is 2.76 bits per heavy atom. The molecule has 3 aromatic rings. The molecule has 1 aromatic heterocycles. The lowest BCUT2D eigenvalue weighted by Crippen LogP contribution is -2.19. The van der Waals surface area contributed by atoms with Crippen LogP contribution in [0, 0.1) is 19.3 Å². The molecule has 0 radical (unpaired) electrons. The monoisotopic (exact) mass is 408 g/mol. The second-order valence-corrected chi connectivity index (χ2v) is 7.15. The number of aromatic nitrogens is 1. The fraction of sp³-hybridized carbons (Fsp3) is 0.227. The first-order chi connectivity index (χ1) is 14.0. The van der Waals surface area contributed by atoms with Gasteiger partial charge in [-0.2, -0.15) is 4.99 Å². The molecular formula is C22H20N2O4S. The Morgan fingerprint density at radius 1 is 1.24 bits per heavy atom. The van der Waals surface area contributed by atoms with E-state index in [1.54, 1.807) is 35.8 Å². The van der Waals surface area contributed by atoms with Crippen molar-refractivity contribution in [3.63, 3.8) is 0 Å². The minimum atomic E-state index is -0.420. The van der Waals surface area contributed by atoms with Crippen molar-refractivity contribution in [1.82, 2.24) is 4.57 Å². The smallest absolute Gasteiger partial charge is 0.338 e. The van der Waals surface area contributed by atoms with Gasteiger partial charge < -0.3 is 14.0 Å². The molecule has 148 valence electrons. The average Bonchev–Trinajstić information content (AvgIpc) is 3.04. The molecule has 1 amide bonds. The van der Waals surface area contributed by atoms with Gasteiger partial charge in [-0.25, -0.2) is 4.79 Å². The van der Waals surface area contributed by atoms with E-state index in [1.807, 2.05) is 25.1 Å². The third-order valence-electron chi connectivity index (χ3n) is 4.11. The van der Waals surface area contributed by atoms with E-state index in [2.05, 4.69) is 10.9 Å². The van der Waals surface area contributed by atoms with E-state index in [-0.39, 0.29) is 13.2 Å². The molecule has 0 saturated carbocycles. The maximum atomic E-state index is 12.4. The second-order valence-electron chi connectivity index (χ2n) is 6.14. The number of ether oxygens (including phenoxy) is 2. The Kier molecular flexibility index (Phi) is 6.47. The number of thiazole rings is 1. The minimum Gasteiger partial charge on any atom is -0.483 e. The number of carbonyl (C=O) groups is 2. The van der Waals surface area contributed by atoms with Crippen LogP contribution >= 0.6 is 11.3 Å². The topological polar surface area (TPSA) is 69.9 Å². The number of hydrogen-bond donors (Lipinski definition) is 0. The minimum absolute atomic E-state index is 0.177. The summed E-state index contributed by atoms with van der Waals surface area (Å²) >= 11 is 1.28. The van der Waals surface area contributed by atoms with Crippen LogP contribution in [0.2, 0.25) is 0 Å². The summed E-state index contributed by atoms with van der Waals surface area (Å²) in [5, 5.41) is 0. The van der Waals surface area contributed by atoms with Gasteiger partial charge >= 0.3 is 5.97 Å². The van der Waals surface area contributed by atoms with Gasteiger partial charge in [0.05, 0.1) is 28.9 Å². The van der Waals surface area contributed by atoms with E-state index >= 15 is 0 Å². The van der Waals surface area contributed by atoms with Crippen molar-refractivity contribution < 1.29 is 19.1 Å². The normalized spacial score (nSPS) is 11.3. The number of fused-ring (bicyclic) bond motifs is 1. The average molecular weight is 408 g/mol. The molecule has 0 aliphatic carbocycles. The first kappa shape index (κ1) is 20.4. The summed E-state index contributed by atoms with van der Waals surface area (Å²) in [4.78, 5) is 29.0. The van der Waals surface area contributed by atoms with Crippen LogP contribution in [0.25, 0.3) is 10.2 Å². The van der Waals surface area contributed by atoms with Crippen molar-refractivity contribution >= 4 is 33.4 Å². The third-order valence-corrected chi connectivity index (χ3v) is 5.15. The molecule has 0 N–H and O–H groups in total. The number of amides is 1. The number of rotatable bonds is 6. The van der Waals surface area contributed by atoms with Gasteiger partial charge in [-0.1, -0.05) is 35.5 Å². The number of para-hydroxylation sites is 1. The Bertz CT molecular complexity index is 1170. The number of benzene rings is 2. The maximum absolute atomic E-state index is 12.4. The molecule has 29 heavy (non-hydrogen) atoms. The SMILES string of the molecule is C#CCn1c(=NC(=O)COc2ccccc2C)sc2cc(C(=O)OCC)ccc21. The van der Waals surface area contributed by atoms with Gasteiger partial charge in [0.1, 0.15) is 5.75 Å². The molecule has 1 heterocycles. The maximum Gasteiger partial charge on any atom is 0.338 e. The molecule has 0 unspecified atom stereocenters. The van der Waals surface area contributed by atoms with E-state index in [0.29, 0.717) is 22.7 Å². The molecule has 0 saturated heterocycles. The Balaban J connectivity index is 1.91. The highest BCUT2D eigenvalue weighted by molar-refractivity contribution is 7.16. The zero-order chi connectivity index (χ0) is 20.8. The van der Waals surface area contributed by atoms with Crippen molar-refractivity contribution in [3.05, 3.63) is 58.4 Å². The largest absolute Gasteiger partial charge is 0.483 e. The number of esters is 1. The van der Waals surface area contributed by atoms with Gasteiger partial charge in [0.25, 0.3) is 5.91 Å². The van der Waals surface area contributed by atoms with E-state index in [1.165, 1.54) is 11.3 Å². The van der Waals surface area contributed by atoms with Crippen LogP contribution in [0.1, 0.15) is 22.8 Å². The lowest BCUT2D eigenvalue weighted by Gasteiger charge is -2.06. The van der Waals surface area contributed by atoms with Crippen LogP contribution in [-0.2, 0) is 16.1 Å². The highest BCUT2D eigenvalue weighted by atomic mass is 32.1. The van der Waals surface area contributed by atoms with Crippen molar-refractivity contribution in [2.24, 2.45) is 4.99 Å². The molecule has 2 aromatic carbocycles. The molecule has 7 heteroatoms. The van der Waals surface area contributed by atoms with E-state index in [9.17, 15) is 9.59 Å². The zero-order valence-electron chi connectivity index (χ0n) is 16.2. The predicted molar refractivity (Wildman–Crippen MR) is 112 cm³/mol. The number of aryl methyl sites for hydroxylation is 1. The zero-order valence-corrected chi connectivity index (χ0v) is 17.0. The van der Waals surface area contributed by atoms with Crippen molar-refractivity contribution in [2.75, 3.05) is 13.2 Å². The second kappa shape index (κ2) is 9.22. The molecule has 6 nitrogen and oxygen atoms in total. The van der Waals surface area contributed by atoms with E-state index < -0.39 is 11.9 Å². The van der Waals surface area contributed by atoms with Gasteiger partial charge in [-0.05, 0) is 43.7 Å². The highest BCUT2D eigenvalue weighted by Gasteiger charge is 2.12.